The molecule has 0 aromatic heterocycles. The number of benzene rings is 1. The van der Waals surface area contributed by atoms with E-state index in [1.807, 2.05) is 24.3 Å². The fraction of sp³-hybridized carbons (Fsp3) is 0.455. The topological polar surface area (TPSA) is 18.5 Å². The molecule has 3 heteroatoms. The van der Waals surface area contributed by atoms with Gasteiger partial charge in [0.1, 0.15) is 5.75 Å². The molecule has 0 fully saturated rings. The summed E-state index contributed by atoms with van der Waals surface area (Å²) in [7, 11) is 2.11. The Morgan fingerprint density at radius 1 is 1.21 bits per heavy atom. The fourth-order valence-corrected chi connectivity index (χ4v) is 1.84. The molecule has 1 unspecified atom stereocenters. The number of methoxy groups -OCH3 is 1. The molecule has 0 radical (unpaired) electrons. The number of rotatable bonds is 5. The molecular formula is C11H17O2P. The van der Waals surface area contributed by atoms with Crippen LogP contribution in [0.25, 0.3) is 0 Å². The van der Waals surface area contributed by atoms with Crippen molar-refractivity contribution in [1.29, 1.82) is 0 Å². The van der Waals surface area contributed by atoms with Gasteiger partial charge in [0.25, 0.3) is 0 Å². The lowest BCUT2D eigenvalue weighted by Gasteiger charge is -2.06. The summed E-state index contributed by atoms with van der Waals surface area (Å²) in [5, 5.41) is 1.21. The van der Waals surface area contributed by atoms with Crippen LogP contribution >= 0.6 is 8.81 Å². The normalized spacial score (nSPS) is 11.4. The number of ether oxygens (including phenoxy) is 1. The van der Waals surface area contributed by atoms with Crippen LogP contribution in [0.15, 0.2) is 24.3 Å². The number of hydrogen-bond donors (Lipinski definition) is 0. The van der Waals surface area contributed by atoms with Crippen molar-refractivity contribution in [3.63, 3.8) is 0 Å². The van der Waals surface area contributed by atoms with Gasteiger partial charge in [-0.25, -0.2) is 0 Å². The Bertz CT molecular complexity index is 256. The molecule has 0 saturated carbocycles. The van der Waals surface area contributed by atoms with Gasteiger partial charge in [-0.15, -0.1) is 0 Å². The summed E-state index contributed by atoms with van der Waals surface area (Å²) in [4.78, 5) is 0. The second kappa shape index (κ2) is 6.00. The van der Waals surface area contributed by atoms with Gasteiger partial charge in [0.15, 0.2) is 0 Å². The van der Waals surface area contributed by atoms with Gasteiger partial charge in [-0.3, -0.25) is 0 Å². The van der Waals surface area contributed by atoms with Crippen LogP contribution in [0, 0.1) is 5.92 Å². The molecule has 1 rings (SSSR count). The van der Waals surface area contributed by atoms with Crippen LogP contribution in [0.1, 0.15) is 13.8 Å². The van der Waals surface area contributed by atoms with Gasteiger partial charge in [-0.2, -0.15) is 0 Å². The quantitative estimate of drug-likeness (QED) is 0.698. The lowest BCUT2D eigenvalue weighted by Crippen LogP contribution is -2.00. The molecule has 1 aromatic carbocycles. The van der Waals surface area contributed by atoms with E-state index in [2.05, 4.69) is 13.8 Å². The van der Waals surface area contributed by atoms with Crippen LogP contribution in [0.2, 0.25) is 0 Å². The third kappa shape index (κ3) is 4.08. The molecule has 0 N–H and O–H groups in total. The zero-order valence-electron chi connectivity index (χ0n) is 8.91. The SMILES string of the molecule is COc1ccc(POCC(C)C)cc1. The molecule has 0 saturated heterocycles. The van der Waals surface area contributed by atoms with E-state index in [-0.39, 0.29) is 0 Å². The van der Waals surface area contributed by atoms with Gasteiger partial charge >= 0.3 is 0 Å². The number of hydrogen-bond acceptors (Lipinski definition) is 2. The lowest BCUT2D eigenvalue weighted by molar-refractivity contribution is 0.309. The molecule has 0 aliphatic carbocycles. The first-order chi connectivity index (χ1) is 6.72. The first kappa shape index (κ1) is 11.5. The maximum atomic E-state index is 5.54. The van der Waals surface area contributed by atoms with E-state index in [1.165, 1.54) is 5.30 Å². The Kier molecular flexibility index (Phi) is 4.92. The minimum Gasteiger partial charge on any atom is -0.497 e. The highest BCUT2D eigenvalue weighted by Crippen LogP contribution is 2.16. The highest BCUT2D eigenvalue weighted by Gasteiger charge is 1.96. The van der Waals surface area contributed by atoms with Gasteiger partial charge in [-0.05, 0) is 35.5 Å². The molecule has 1 aromatic rings. The smallest absolute Gasteiger partial charge is 0.118 e. The van der Waals surface area contributed by atoms with Crippen molar-refractivity contribution in [1.82, 2.24) is 0 Å². The molecule has 0 bridgehead atoms. The van der Waals surface area contributed by atoms with Gasteiger partial charge in [-0.1, -0.05) is 13.8 Å². The summed E-state index contributed by atoms with van der Waals surface area (Å²) < 4.78 is 10.6. The molecule has 78 valence electrons. The highest BCUT2D eigenvalue weighted by atomic mass is 31.1. The van der Waals surface area contributed by atoms with Gasteiger partial charge in [0.2, 0.25) is 0 Å². The summed E-state index contributed by atoms with van der Waals surface area (Å²) in [5.41, 5.74) is 0. The van der Waals surface area contributed by atoms with Crippen molar-refractivity contribution in [2.75, 3.05) is 13.7 Å². The first-order valence-corrected chi connectivity index (χ1v) is 5.65. The average Bonchev–Trinajstić information content (AvgIpc) is 2.18. The van der Waals surface area contributed by atoms with E-state index in [4.69, 9.17) is 9.26 Å². The zero-order valence-corrected chi connectivity index (χ0v) is 9.91. The van der Waals surface area contributed by atoms with E-state index < -0.39 is 0 Å². The lowest BCUT2D eigenvalue weighted by atomic mass is 10.2. The minimum absolute atomic E-state index is 0.439. The Morgan fingerprint density at radius 3 is 2.36 bits per heavy atom. The van der Waals surface area contributed by atoms with Crippen LogP contribution in [0.5, 0.6) is 5.75 Å². The monoisotopic (exact) mass is 212 g/mol. The fourth-order valence-electron chi connectivity index (χ4n) is 0.951. The van der Waals surface area contributed by atoms with Crippen LogP contribution in [0.3, 0.4) is 0 Å². The molecule has 0 heterocycles. The van der Waals surface area contributed by atoms with Crippen molar-refractivity contribution >= 4 is 14.1 Å². The van der Waals surface area contributed by atoms with Crippen molar-refractivity contribution in [3.05, 3.63) is 24.3 Å². The molecule has 0 aliphatic heterocycles. The van der Waals surface area contributed by atoms with Crippen LogP contribution in [0.4, 0.5) is 0 Å². The summed E-state index contributed by atoms with van der Waals surface area (Å²) in [6, 6.07) is 8.00. The third-order valence-electron chi connectivity index (χ3n) is 1.70. The molecule has 14 heavy (non-hydrogen) atoms. The molecule has 0 amide bonds. The summed E-state index contributed by atoms with van der Waals surface area (Å²) in [6.07, 6.45) is 0. The van der Waals surface area contributed by atoms with E-state index in [1.54, 1.807) is 7.11 Å². The average molecular weight is 212 g/mol. The summed E-state index contributed by atoms with van der Waals surface area (Å²) in [6.45, 7) is 5.13. The van der Waals surface area contributed by atoms with Crippen molar-refractivity contribution < 1.29 is 9.26 Å². The third-order valence-corrected chi connectivity index (χ3v) is 2.58. The molecule has 0 spiro atoms. The largest absolute Gasteiger partial charge is 0.497 e. The molecule has 0 aliphatic rings. The van der Waals surface area contributed by atoms with Crippen LogP contribution in [-0.2, 0) is 4.52 Å². The Hall–Kier alpha value is -0.590. The Morgan fingerprint density at radius 2 is 1.86 bits per heavy atom. The maximum Gasteiger partial charge on any atom is 0.118 e. The second-order valence-corrected chi connectivity index (χ2v) is 4.61. The standard InChI is InChI=1S/C11H17O2P/c1-9(2)8-13-14-11-6-4-10(12-3)5-7-11/h4-7,9,14H,8H2,1-3H3. The van der Waals surface area contributed by atoms with Crippen LogP contribution in [-0.4, -0.2) is 13.7 Å². The van der Waals surface area contributed by atoms with E-state index in [9.17, 15) is 0 Å². The van der Waals surface area contributed by atoms with E-state index in [0.29, 0.717) is 14.7 Å². The Labute approximate surface area is 87.5 Å². The van der Waals surface area contributed by atoms with E-state index in [0.717, 1.165) is 12.4 Å². The molecule has 2 nitrogen and oxygen atoms in total. The van der Waals surface area contributed by atoms with Crippen LogP contribution < -0.4 is 10.0 Å². The van der Waals surface area contributed by atoms with Gasteiger partial charge in [0.05, 0.1) is 13.7 Å². The van der Waals surface area contributed by atoms with Gasteiger partial charge in [0, 0.05) is 8.81 Å². The summed E-state index contributed by atoms with van der Waals surface area (Å²) in [5.74, 6) is 1.49. The minimum atomic E-state index is 0.439. The predicted octanol–water partition coefficient (Wildman–Crippen LogP) is 2.59. The maximum absolute atomic E-state index is 5.54. The van der Waals surface area contributed by atoms with Gasteiger partial charge < -0.3 is 9.26 Å². The molecule has 1 atom stereocenters. The molecular weight excluding hydrogens is 195 g/mol. The summed E-state index contributed by atoms with van der Waals surface area (Å²) >= 11 is 0. The van der Waals surface area contributed by atoms with Crippen molar-refractivity contribution in [2.24, 2.45) is 5.92 Å². The Balaban J connectivity index is 2.36. The van der Waals surface area contributed by atoms with Crippen molar-refractivity contribution in [3.8, 4) is 5.75 Å². The predicted molar refractivity (Wildman–Crippen MR) is 61.7 cm³/mol. The zero-order chi connectivity index (χ0) is 10.4. The van der Waals surface area contributed by atoms with E-state index >= 15 is 0 Å². The first-order valence-electron chi connectivity index (χ1n) is 4.74. The van der Waals surface area contributed by atoms with Crippen molar-refractivity contribution in [2.45, 2.75) is 13.8 Å². The highest BCUT2D eigenvalue weighted by molar-refractivity contribution is 7.41. The second-order valence-electron chi connectivity index (χ2n) is 3.54.